The van der Waals surface area contributed by atoms with Gasteiger partial charge in [0.05, 0.1) is 6.20 Å². The van der Waals surface area contributed by atoms with Gasteiger partial charge in [0.1, 0.15) is 11.5 Å². The van der Waals surface area contributed by atoms with E-state index in [0.717, 1.165) is 12.3 Å². The number of nitrogens with zero attached hydrogens (tertiary/aromatic N) is 1. The van der Waals surface area contributed by atoms with Gasteiger partial charge in [-0.05, 0) is 24.4 Å². The molecule has 5 nitrogen and oxygen atoms in total. The third-order valence-corrected chi connectivity index (χ3v) is 1.36. The Morgan fingerprint density at radius 1 is 1.50 bits per heavy atom. The van der Waals surface area contributed by atoms with E-state index in [1.807, 2.05) is 0 Å². The maximum absolute atomic E-state index is 12.4. The molecular weight excluding hydrogens is 207 g/mol. The summed E-state index contributed by atoms with van der Waals surface area (Å²) in [6.07, 6.45) is 0.940. The molecule has 0 fully saturated rings. The summed E-state index contributed by atoms with van der Waals surface area (Å²) in [5.41, 5.74) is 9.55. The molecule has 1 aromatic heterocycles. The molecule has 1 heterocycles. The van der Waals surface area contributed by atoms with Gasteiger partial charge in [-0.25, -0.2) is 9.37 Å². The van der Waals surface area contributed by atoms with Gasteiger partial charge in [-0.2, -0.15) is 0 Å². The molecule has 0 aliphatic heterocycles. The van der Waals surface area contributed by atoms with Gasteiger partial charge in [0.15, 0.2) is 5.11 Å². The Bertz CT molecular complexity index is 353. The number of nitrogens with one attached hydrogen (secondary N) is 2. The molecule has 0 bridgehead atoms. The molecule has 0 aliphatic carbocycles. The number of thiocarbonyl (C=S) groups is 1. The number of hydrazine groups is 1. The van der Waals surface area contributed by atoms with Crippen LogP contribution in [0.1, 0.15) is 10.5 Å². The Morgan fingerprint density at radius 2 is 2.21 bits per heavy atom. The summed E-state index contributed by atoms with van der Waals surface area (Å²) in [6.45, 7) is 0. The van der Waals surface area contributed by atoms with E-state index in [1.54, 1.807) is 0 Å². The number of carbonyl (C=O) groups excluding carboxylic acids is 1. The van der Waals surface area contributed by atoms with Crippen molar-refractivity contribution in [3.8, 4) is 0 Å². The summed E-state index contributed by atoms with van der Waals surface area (Å²) in [6, 6.07) is 2.37. The van der Waals surface area contributed by atoms with Gasteiger partial charge in [0.2, 0.25) is 0 Å². The second-order valence-corrected chi connectivity index (χ2v) is 2.74. The summed E-state index contributed by atoms with van der Waals surface area (Å²) in [5.74, 6) is -1.05. The molecule has 0 radical (unpaired) electrons. The van der Waals surface area contributed by atoms with Gasteiger partial charge in [0, 0.05) is 0 Å². The van der Waals surface area contributed by atoms with Crippen LogP contribution in [-0.4, -0.2) is 16.0 Å². The minimum atomic E-state index is -0.544. The summed E-state index contributed by atoms with van der Waals surface area (Å²) in [4.78, 5) is 14.7. The molecule has 1 amide bonds. The van der Waals surface area contributed by atoms with Crippen LogP contribution in [0.2, 0.25) is 0 Å². The van der Waals surface area contributed by atoms with Crippen molar-refractivity contribution >= 4 is 23.2 Å². The van der Waals surface area contributed by atoms with Crippen molar-refractivity contribution in [1.82, 2.24) is 15.8 Å². The first kappa shape index (κ1) is 10.3. The molecule has 0 unspecified atom stereocenters. The van der Waals surface area contributed by atoms with E-state index in [4.69, 9.17) is 5.73 Å². The van der Waals surface area contributed by atoms with E-state index in [1.165, 1.54) is 6.07 Å². The summed E-state index contributed by atoms with van der Waals surface area (Å²) >= 11 is 4.46. The third-order valence-electron chi connectivity index (χ3n) is 1.26. The quantitative estimate of drug-likeness (QED) is 0.442. The van der Waals surface area contributed by atoms with E-state index in [-0.39, 0.29) is 10.8 Å². The molecular formula is C7H7FN4OS. The molecule has 4 N–H and O–H groups in total. The van der Waals surface area contributed by atoms with Gasteiger partial charge in [-0.15, -0.1) is 0 Å². The van der Waals surface area contributed by atoms with Crippen molar-refractivity contribution in [2.75, 3.05) is 0 Å². The molecule has 0 atom stereocenters. The SMILES string of the molecule is NC(=S)NNC(=O)c1ccc(F)cn1. The van der Waals surface area contributed by atoms with Gasteiger partial charge in [0.25, 0.3) is 5.91 Å². The maximum Gasteiger partial charge on any atom is 0.288 e. The first-order valence-electron chi connectivity index (χ1n) is 3.57. The maximum atomic E-state index is 12.4. The van der Waals surface area contributed by atoms with Gasteiger partial charge in [-0.1, -0.05) is 0 Å². The second-order valence-electron chi connectivity index (χ2n) is 2.31. The molecule has 0 spiro atoms. The van der Waals surface area contributed by atoms with Crippen LogP contribution in [0.15, 0.2) is 18.3 Å². The zero-order chi connectivity index (χ0) is 10.6. The number of nitrogens with two attached hydrogens (primary N) is 1. The van der Waals surface area contributed by atoms with Crippen LogP contribution in [0.25, 0.3) is 0 Å². The lowest BCUT2D eigenvalue weighted by molar-refractivity contribution is 0.0939. The highest BCUT2D eigenvalue weighted by Gasteiger charge is 2.05. The van der Waals surface area contributed by atoms with E-state index >= 15 is 0 Å². The lowest BCUT2D eigenvalue weighted by Crippen LogP contribution is -2.44. The van der Waals surface area contributed by atoms with Crippen LogP contribution in [0, 0.1) is 5.82 Å². The number of hydrogen-bond acceptors (Lipinski definition) is 3. The Labute approximate surface area is 84.5 Å². The second kappa shape index (κ2) is 4.47. The molecule has 7 heteroatoms. The van der Waals surface area contributed by atoms with Crippen LogP contribution in [-0.2, 0) is 0 Å². The fourth-order valence-electron chi connectivity index (χ4n) is 0.693. The number of carbonyl (C=O) groups is 1. The molecule has 0 saturated carbocycles. The first-order valence-corrected chi connectivity index (χ1v) is 3.98. The normalized spacial score (nSPS) is 9.21. The monoisotopic (exact) mass is 214 g/mol. The minimum absolute atomic E-state index is 0.0650. The summed E-state index contributed by atoms with van der Waals surface area (Å²) < 4.78 is 12.4. The van der Waals surface area contributed by atoms with Crippen LogP contribution in [0.3, 0.4) is 0 Å². The predicted molar refractivity (Wildman–Crippen MR) is 51.6 cm³/mol. The van der Waals surface area contributed by atoms with Gasteiger partial charge >= 0.3 is 0 Å². The predicted octanol–water partition coefficient (Wildman–Crippen LogP) is -0.301. The molecule has 74 valence electrons. The van der Waals surface area contributed by atoms with Crippen LogP contribution in [0.4, 0.5) is 4.39 Å². The Morgan fingerprint density at radius 3 is 2.71 bits per heavy atom. The average molecular weight is 214 g/mol. The number of aromatic nitrogens is 1. The Kier molecular flexibility index (Phi) is 3.29. The molecule has 0 saturated heterocycles. The van der Waals surface area contributed by atoms with Crippen molar-refractivity contribution in [3.05, 3.63) is 29.8 Å². The van der Waals surface area contributed by atoms with E-state index in [0.29, 0.717) is 0 Å². The van der Waals surface area contributed by atoms with Gasteiger partial charge in [-0.3, -0.25) is 15.6 Å². The number of rotatable bonds is 1. The molecule has 1 aromatic rings. The van der Waals surface area contributed by atoms with Crippen molar-refractivity contribution in [2.24, 2.45) is 5.73 Å². The highest BCUT2D eigenvalue weighted by molar-refractivity contribution is 7.80. The topological polar surface area (TPSA) is 80.0 Å². The summed E-state index contributed by atoms with van der Waals surface area (Å²) in [5, 5.41) is -0.0690. The fourth-order valence-corrected chi connectivity index (χ4v) is 0.744. The van der Waals surface area contributed by atoms with Crippen LogP contribution < -0.4 is 16.6 Å². The van der Waals surface area contributed by atoms with Crippen molar-refractivity contribution in [2.45, 2.75) is 0 Å². The first-order chi connectivity index (χ1) is 6.59. The smallest absolute Gasteiger partial charge is 0.288 e. The zero-order valence-electron chi connectivity index (χ0n) is 6.95. The Hall–Kier alpha value is -1.76. The highest BCUT2D eigenvalue weighted by atomic mass is 32.1. The lowest BCUT2D eigenvalue weighted by atomic mass is 10.3. The van der Waals surface area contributed by atoms with Crippen molar-refractivity contribution in [3.63, 3.8) is 0 Å². The van der Waals surface area contributed by atoms with E-state index in [9.17, 15) is 9.18 Å². The van der Waals surface area contributed by atoms with Crippen molar-refractivity contribution in [1.29, 1.82) is 0 Å². The fraction of sp³-hybridized carbons (Fsp3) is 0. The molecule has 14 heavy (non-hydrogen) atoms. The minimum Gasteiger partial charge on any atom is -0.375 e. The van der Waals surface area contributed by atoms with Crippen LogP contribution >= 0.6 is 12.2 Å². The Balaban J connectivity index is 2.61. The molecule has 1 rings (SSSR count). The standard InChI is InChI=1S/C7H7FN4OS/c8-4-1-2-5(10-3-4)6(13)11-12-7(9)14/h1-3H,(H,11,13)(H3,9,12,14). The zero-order valence-corrected chi connectivity index (χ0v) is 7.77. The lowest BCUT2D eigenvalue weighted by Gasteiger charge is -2.04. The number of amides is 1. The van der Waals surface area contributed by atoms with Gasteiger partial charge < -0.3 is 5.73 Å². The third kappa shape index (κ3) is 2.94. The highest BCUT2D eigenvalue weighted by Crippen LogP contribution is 1.96. The number of pyridine rings is 1. The van der Waals surface area contributed by atoms with Crippen molar-refractivity contribution < 1.29 is 9.18 Å². The van der Waals surface area contributed by atoms with E-state index in [2.05, 4.69) is 28.1 Å². The number of hydrogen-bond donors (Lipinski definition) is 3. The van der Waals surface area contributed by atoms with E-state index < -0.39 is 11.7 Å². The molecule has 0 aromatic carbocycles. The summed E-state index contributed by atoms with van der Waals surface area (Å²) in [7, 11) is 0. The number of halogens is 1. The average Bonchev–Trinajstić information content (AvgIpc) is 2.15. The molecule has 0 aliphatic rings. The van der Waals surface area contributed by atoms with Crippen LogP contribution in [0.5, 0.6) is 0 Å². The largest absolute Gasteiger partial charge is 0.375 e.